The zero-order chi connectivity index (χ0) is 102. The minimum Gasteiger partial charge on any atom is -0.870 e. The Labute approximate surface area is 848 Å². The number of hydrogen-bond acceptors (Lipinski definition) is 23. The van der Waals surface area contributed by atoms with Crippen molar-refractivity contribution in [2.24, 2.45) is 17.2 Å². The van der Waals surface area contributed by atoms with Gasteiger partial charge < -0.3 is 94.6 Å². The molecule has 0 bridgehead atoms. The van der Waals surface area contributed by atoms with Crippen molar-refractivity contribution < 1.29 is 137 Å². The van der Waals surface area contributed by atoms with Gasteiger partial charge in [-0.1, -0.05) is 115 Å². The number of hydrogen-bond donors (Lipinski definition) is 7. The van der Waals surface area contributed by atoms with E-state index in [1.165, 1.54) is 60.2 Å². The first-order valence-corrected chi connectivity index (χ1v) is 45.5. The molecular formula is C111H107BrF3LiN6O22. The van der Waals surface area contributed by atoms with E-state index in [1.807, 2.05) is 115 Å². The number of aldehydes is 1. The van der Waals surface area contributed by atoms with Crippen LogP contribution >= 0.6 is 15.9 Å². The Morgan fingerprint density at radius 2 is 0.632 bits per heavy atom. The summed E-state index contributed by atoms with van der Waals surface area (Å²) in [5.74, 6) is -0.814. The summed E-state index contributed by atoms with van der Waals surface area (Å²) in [6.07, 6.45) is 2.95. The summed E-state index contributed by atoms with van der Waals surface area (Å²) in [5.41, 5.74) is 40.2. The quantitative estimate of drug-likeness (QED) is 0.00918. The van der Waals surface area contributed by atoms with Gasteiger partial charge in [0.15, 0.2) is 0 Å². The number of benzene rings is 12. The van der Waals surface area contributed by atoms with Crippen LogP contribution in [0.2, 0.25) is 0 Å². The first kappa shape index (κ1) is 112. The molecule has 4 aromatic heterocycles. The normalized spacial score (nSPS) is 10.6. The first-order valence-electron chi connectivity index (χ1n) is 44.7. The smallest absolute Gasteiger partial charge is 0.870 e. The van der Waals surface area contributed by atoms with Crippen LogP contribution < -0.4 is 71.0 Å². The fourth-order valence-corrected chi connectivity index (χ4v) is 15.6. The summed E-state index contributed by atoms with van der Waals surface area (Å²) in [5, 5.41) is 21.3. The van der Waals surface area contributed by atoms with Crippen molar-refractivity contribution >= 4 is 131 Å². The van der Waals surface area contributed by atoms with E-state index in [0.29, 0.717) is 83.1 Å². The fourth-order valence-electron chi connectivity index (χ4n) is 15.2. The molecule has 0 saturated carbocycles. The number of furan rings is 4. The van der Waals surface area contributed by atoms with Gasteiger partial charge in [-0.05, 0) is 237 Å². The van der Waals surface area contributed by atoms with Gasteiger partial charge in [-0.25, -0.2) is 0 Å². The standard InChI is InChI=1S/C28H27NO5.C27H26N2O5.C26H23BrO4.C26H24N2O5.C2HF3O.C2H5NO.Li.H2O/c1-4-19-6-5-7-21(12-19)25-14-20(13-22-10-11-33-28(22)25)17-34-26-9-8-24(29-18(2)30)15-23(26)16-27(31)32-3;1-17(30)29-23-6-7-25(22(13-23)14-26(31)32-2)34-16-19-11-21-8-9-33-27(21)24(12-19)20-5-3-4-18(10-20)15-28;1-3-17-5-4-6-19(11-17)23-13-18(12-20-9-10-30-26(20)23)16-31-24-8-7-22(27)14-21(24)15-25(28)29-2;1-16(29)28-22-5-6-24(21(12-22)13-25(30)31)33-15-18-10-20-7-8-32-26(20)23(11-18)19-4-2-3-17(9-19)14-27;3-2(4,5)1-6;1-2(3)4;;/h5-15H,4,16-17H2,1-3H3,(H,29,30);3-13H,14-16,28H2,1-2H3,(H,29,30);4-14H,3,15-16H2,1-2H3;2-12H,13-15,27H2,1H3,(H,28,29)(H,30,31);1H;1H3,(H2,3,4);;1H2/q;;;;;;+1;/p-1. The number of carboxylic acid groups (broad SMARTS) is 1. The third-order valence-corrected chi connectivity index (χ3v) is 22.1. The summed E-state index contributed by atoms with van der Waals surface area (Å²) >= 11 is 3.46. The van der Waals surface area contributed by atoms with Gasteiger partial charge in [0.05, 0.1) is 72.1 Å². The van der Waals surface area contributed by atoms with E-state index < -0.39 is 24.4 Å². The van der Waals surface area contributed by atoms with Crippen molar-refractivity contribution in [3.05, 3.63) is 339 Å². The molecule has 0 aliphatic rings. The van der Waals surface area contributed by atoms with Gasteiger partial charge in [0, 0.05) is 128 Å². The van der Waals surface area contributed by atoms with Crippen molar-refractivity contribution in [2.75, 3.05) is 37.3 Å². The molecule has 16 rings (SSSR count). The third-order valence-electron chi connectivity index (χ3n) is 21.6. The Morgan fingerprint density at radius 1 is 0.375 bits per heavy atom. The largest absolute Gasteiger partial charge is 1.00 e. The van der Waals surface area contributed by atoms with E-state index in [1.54, 1.807) is 79.6 Å². The second-order valence-electron chi connectivity index (χ2n) is 32.4. The Morgan fingerprint density at radius 3 is 0.882 bits per heavy atom. The number of ether oxygens (including phenoxy) is 7. The molecule has 12 aromatic carbocycles. The molecule has 0 unspecified atom stereocenters. The van der Waals surface area contributed by atoms with Crippen molar-refractivity contribution in [3.8, 4) is 67.5 Å². The zero-order valence-corrected chi connectivity index (χ0v) is 82.4. The monoisotopic (exact) mass is 2020 g/mol. The molecule has 0 fully saturated rings. The van der Waals surface area contributed by atoms with Crippen molar-refractivity contribution in [3.63, 3.8) is 0 Å². The molecular weight excluding hydrogens is 1910 g/mol. The number of primary amides is 1. The molecule has 0 saturated heterocycles. The molecule has 742 valence electrons. The summed E-state index contributed by atoms with van der Waals surface area (Å²) < 4.78 is 94.1. The van der Waals surface area contributed by atoms with Gasteiger partial charge in [-0.3, -0.25) is 43.2 Å². The number of nitrogens with one attached hydrogen (secondary N) is 3. The Hall–Kier alpha value is -15.8. The minimum absolute atomic E-state index is 0. The number of aliphatic carboxylic acids is 1. The van der Waals surface area contributed by atoms with Gasteiger partial charge in [-0.2, -0.15) is 13.2 Å². The summed E-state index contributed by atoms with van der Waals surface area (Å²) in [7, 11) is 4.06. The maximum atomic E-state index is 11.9. The number of alkyl halides is 3. The van der Waals surface area contributed by atoms with E-state index in [9.17, 15) is 56.6 Å². The van der Waals surface area contributed by atoms with E-state index in [0.717, 1.165) is 145 Å². The van der Waals surface area contributed by atoms with Crippen molar-refractivity contribution in [1.29, 1.82) is 0 Å². The summed E-state index contributed by atoms with van der Waals surface area (Å²) in [4.78, 5) is 99.1. The zero-order valence-electron chi connectivity index (χ0n) is 80.8. The number of esters is 3. The number of carbonyl (C=O) groups excluding carboxylic acids is 8. The van der Waals surface area contributed by atoms with Crippen LogP contribution in [0.3, 0.4) is 0 Å². The molecule has 0 aliphatic carbocycles. The van der Waals surface area contributed by atoms with Gasteiger partial charge in [0.25, 0.3) is 0 Å². The average Bonchev–Trinajstić information content (AvgIpc) is 1.72. The summed E-state index contributed by atoms with van der Waals surface area (Å²) in [6, 6.07) is 78.1. The van der Waals surface area contributed by atoms with Crippen molar-refractivity contribution in [1.82, 2.24) is 0 Å². The number of aryl methyl sites for hydroxylation is 2. The number of fused-ring (bicyclic) bond motifs is 4. The number of amides is 4. The van der Waals surface area contributed by atoms with E-state index in [4.69, 9.17) is 67.1 Å². The Balaban J connectivity index is 0.000000206. The SMILES string of the molecule is CC(=O)Nc1ccc(OCc2cc(-c3cccc(CN)c3)c3occc3c2)c(CC(=O)O)c1.CC(N)=O.CCc1cccc(-c2cc(COc3ccc(Br)cc3CC(=O)OC)cc3ccoc23)c1.CCc1cccc(-c2cc(COc3ccc(NC(C)=O)cc3CC(=O)OC)cc3ccoc23)c1.COC(=O)Cc1cc(NC(C)=O)ccc1OCc1cc(-c2cccc(CN)c2)c2occc2c1.O=CC(F)(F)F.[Li+].[OH-]. The van der Waals surface area contributed by atoms with Crippen LogP contribution in [-0.2, 0) is 135 Å². The number of anilines is 3. The average molecular weight is 2020 g/mol. The molecule has 144 heavy (non-hydrogen) atoms. The maximum Gasteiger partial charge on any atom is 1.00 e. The van der Waals surface area contributed by atoms with Gasteiger partial charge in [-0.15, -0.1) is 0 Å². The molecule has 28 nitrogen and oxygen atoms in total. The number of rotatable bonds is 31. The molecule has 4 heterocycles. The number of carboxylic acids is 1. The number of carbonyl (C=O) groups is 9. The van der Waals surface area contributed by atoms with Crippen molar-refractivity contribution in [2.45, 2.75) is 126 Å². The van der Waals surface area contributed by atoms with Crippen LogP contribution in [0, 0.1) is 0 Å². The molecule has 0 atom stereocenters. The van der Waals surface area contributed by atoms with Gasteiger partial charge >= 0.3 is 48.9 Å². The molecule has 33 heteroatoms. The fraction of sp³-hybridized carbons (Fsp3) is 0.198. The third kappa shape index (κ3) is 32.9. The van der Waals surface area contributed by atoms with Crippen LogP contribution in [0.25, 0.3) is 88.4 Å². The van der Waals surface area contributed by atoms with Crippen LogP contribution in [0.1, 0.15) is 108 Å². The Bertz CT molecular complexity index is 6980. The molecule has 4 amide bonds. The van der Waals surface area contributed by atoms with Crippen LogP contribution in [0.15, 0.2) is 290 Å². The van der Waals surface area contributed by atoms with Crippen LogP contribution in [-0.4, -0.2) is 91.9 Å². The number of methoxy groups -OCH3 is 3. The molecule has 0 radical (unpaired) electrons. The van der Waals surface area contributed by atoms with Crippen LogP contribution in [0.4, 0.5) is 30.2 Å². The molecule has 0 aliphatic heterocycles. The van der Waals surface area contributed by atoms with E-state index >= 15 is 0 Å². The van der Waals surface area contributed by atoms with Gasteiger partial charge in [0.1, 0.15) is 71.8 Å². The maximum absolute atomic E-state index is 11.9. The Kier molecular flexibility index (Phi) is 42.1. The summed E-state index contributed by atoms with van der Waals surface area (Å²) in [6.45, 7) is 11.9. The first-order chi connectivity index (χ1) is 68.2. The predicted octanol–water partition coefficient (Wildman–Crippen LogP) is 19.2. The second kappa shape index (κ2) is 54.3. The number of nitrogens with two attached hydrogens (primary N) is 3. The van der Waals surface area contributed by atoms with Crippen LogP contribution in [0.5, 0.6) is 23.0 Å². The van der Waals surface area contributed by atoms with E-state index in [2.05, 4.69) is 124 Å². The number of halogens is 4. The molecule has 0 spiro atoms. The topological polar surface area (TPSA) is 435 Å². The molecule has 11 N–H and O–H groups in total. The van der Waals surface area contributed by atoms with Gasteiger partial charge in [0.2, 0.25) is 29.9 Å². The van der Waals surface area contributed by atoms with E-state index in [-0.39, 0.29) is 98.8 Å². The molecule has 16 aromatic rings. The minimum atomic E-state index is -4.64. The predicted molar refractivity (Wildman–Crippen MR) is 542 cm³/mol. The second-order valence-corrected chi connectivity index (χ2v) is 33.3.